The smallest absolute Gasteiger partial charge is 0.363 e. The summed E-state index contributed by atoms with van der Waals surface area (Å²) in [6.07, 6.45) is -4.08. The quantitative estimate of drug-likeness (QED) is 0.0483. The summed E-state index contributed by atoms with van der Waals surface area (Å²) in [6.45, 7) is 1.18. The van der Waals surface area contributed by atoms with Gasteiger partial charge in [0.15, 0.2) is 0 Å². The summed E-state index contributed by atoms with van der Waals surface area (Å²) in [5.41, 5.74) is 0.895. The molecule has 23 nitrogen and oxygen atoms in total. The SMILES string of the molecule is Cc1cccc(C(=O)NCCCCN(CC(=O)O)C(=O)CC(CC(=O)O)NC(=O)CC(CC(=O)O)NC(=O)CC(CC(=O)O)NC(=O)c2cccc(C(=O)On3c(O)ccc3O)c2)c1. The number of carboxylic acid groups (broad SMARTS) is 4. The van der Waals surface area contributed by atoms with Crippen LogP contribution < -0.4 is 26.1 Å². The molecule has 0 aliphatic rings. The number of carboxylic acids is 4. The molecule has 0 spiro atoms. The van der Waals surface area contributed by atoms with Crippen molar-refractivity contribution in [1.82, 2.24) is 30.9 Å². The van der Waals surface area contributed by atoms with Crippen LogP contribution in [-0.2, 0) is 33.6 Å². The molecule has 3 unspecified atom stereocenters. The van der Waals surface area contributed by atoms with Crippen LogP contribution in [0, 0.1) is 6.92 Å². The second-order valence-electron chi connectivity index (χ2n) is 14.5. The lowest BCUT2D eigenvalue weighted by Gasteiger charge is -2.25. The highest BCUT2D eigenvalue weighted by Crippen LogP contribution is 2.20. The van der Waals surface area contributed by atoms with Gasteiger partial charge >= 0.3 is 29.8 Å². The minimum absolute atomic E-state index is 0.0939. The standard InChI is InChI=1S/C41H48N6O17/c1-23-6-4-7-24(14-23)39(61)42-12-2-3-13-46(22-38(59)60)34(52)18-29(21-37(57)58)44-30(48)16-27(19-35(53)54)43-31(49)17-28(20-36(55)56)45-40(62)25-8-5-9-26(15-25)41(63)64-47-32(50)10-11-33(47)51/h4-11,14-15,27-29,50-51H,2-3,12-13,16-22H2,1H3,(H,42,61)(H,43,49)(H,44,48)(H,45,62)(H,53,54)(H,55,56)(H,57,58)(H,59,60). The van der Waals surface area contributed by atoms with Crippen molar-refractivity contribution in [2.75, 3.05) is 19.6 Å². The van der Waals surface area contributed by atoms with Crippen molar-refractivity contribution in [1.29, 1.82) is 0 Å². The van der Waals surface area contributed by atoms with Gasteiger partial charge in [-0.25, -0.2) is 4.79 Å². The van der Waals surface area contributed by atoms with Crippen LogP contribution >= 0.6 is 0 Å². The van der Waals surface area contributed by atoms with Crippen molar-refractivity contribution < 1.29 is 83.4 Å². The number of carbonyl (C=O) groups is 10. The Hall–Kier alpha value is -7.98. The molecule has 1 heterocycles. The number of rotatable bonds is 26. The highest BCUT2D eigenvalue weighted by Gasteiger charge is 2.28. The molecule has 1 aromatic heterocycles. The first kappa shape index (κ1) is 50.4. The van der Waals surface area contributed by atoms with E-state index in [9.17, 15) is 78.6 Å². The van der Waals surface area contributed by atoms with E-state index in [-0.39, 0.29) is 36.5 Å². The number of nitrogens with zero attached hydrogens (tertiary/aromatic N) is 2. The van der Waals surface area contributed by atoms with E-state index in [0.29, 0.717) is 16.7 Å². The number of hydrogen-bond donors (Lipinski definition) is 10. The third-order valence-corrected chi connectivity index (χ3v) is 9.04. The first-order chi connectivity index (χ1) is 30.2. The highest BCUT2D eigenvalue weighted by molar-refractivity contribution is 5.98. The van der Waals surface area contributed by atoms with E-state index in [4.69, 9.17) is 4.84 Å². The molecular formula is C41H48N6O17. The fourth-order valence-corrected chi connectivity index (χ4v) is 6.18. The summed E-state index contributed by atoms with van der Waals surface area (Å²) in [5.74, 6) is -12.2. The van der Waals surface area contributed by atoms with Crippen LogP contribution in [0.15, 0.2) is 60.7 Å². The number of aromatic hydroxyl groups is 2. The van der Waals surface area contributed by atoms with Crippen LogP contribution in [0.5, 0.6) is 11.8 Å². The summed E-state index contributed by atoms with van der Waals surface area (Å²) in [5, 5.41) is 67.0. The first-order valence-electron chi connectivity index (χ1n) is 19.5. The number of hydrogen-bond acceptors (Lipinski definition) is 13. The first-order valence-corrected chi connectivity index (χ1v) is 19.5. The zero-order valence-corrected chi connectivity index (χ0v) is 34.4. The van der Waals surface area contributed by atoms with Crippen molar-refractivity contribution in [3.05, 3.63) is 82.9 Å². The molecule has 0 saturated heterocycles. The Morgan fingerprint density at radius 2 is 1.09 bits per heavy atom. The van der Waals surface area contributed by atoms with Crippen LogP contribution in [0.25, 0.3) is 0 Å². The van der Waals surface area contributed by atoms with Gasteiger partial charge in [-0.15, -0.1) is 4.73 Å². The number of benzene rings is 2. The molecule has 3 aromatic rings. The Balaban J connectivity index is 1.61. The minimum Gasteiger partial charge on any atom is -0.492 e. The second-order valence-corrected chi connectivity index (χ2v) is 14.5. The largest absolute Gasteiger partial charge is 0.492 e. The Bertz CT molecular complexity index is 2200. The molecule has 10 N–H and O–H groups in total. The van der Waals surface area contributed by atoms with Gasteiger partial charge in [0, 0.05) is 73.7 Å². The maximum Gasteiger partial charge on any atom is 0.363 e. The minimum atomic E-state index is -1.48. The van der Waals surface area contributed by atoms with Gasteiger partial charge in [-0.05, 0) is 50.1 Å². The molecule has 344 valence electrons. The number of aryl methyl sites for hydroxylation is 1. The highest BCUT2D eigenvalue weighted by atomic mass is 16.7. The summed E-state index contributed by atoms with van der Waals surface area (Å²) in [7, 11) is 0. The lowest BCUT2D eigenvalue weighted by Crippen LogP contribution is -2.47. The normalized spacial score (nSPS) is 12.1. The average molecular weight is 897 g/mol. The molecule has 3 rings (SSSR count). The Morgan fingerprint density at radius 3 is 1.62 bits per heavy atom. The van der Waals surface area contributed by atoms with Crippen molar-refractivity contribution in [3.8, 4) is 11.8 Å². The number of nitrogens with one attached hydrogen (secondary N) is 4. The van der Waals surface area contributed by atoms with Crippen molar-refractivity contribution in [3.63, 3.8) is 0 Å². The van der Waals surface area contributed by atoms with Crippen molar-refractivity contribution in [2.24, 2.45) is 0 Å². The second kappa shape index (κ2) is 24.5. The van der Waals surface area contributed by atoms with E-state index < -0.39 is 128 Å². The van der Waals surface area contributed by atoms with E-state index in [2.05, 4.69) is 21.3 Å². The molecule has 2 aromatic carbocycles. The van der Waals surface area contributed by atoms with E-state index in [1.54, 1.807) is 18.2 Å². The molecule has 64 heavy (non-hydrogen) atoms. The Morgan fingerprint density at radius 1 is 0.594 bits per heavy atom. The van der Waals surface area contributed by atoms with Gasteiger partial charge < -0.3 is 61.6 Å². The van der Waals surface area contributed by atoms with Crippen molar-refractivity contribution >= 4 is 59.4 Å². The van der Waals surface area contributed by atoms with Crippen LogP contribution in [-0.4, -0.2) is 137 Å². The number of aliphatic carboxylic acids is 4. The zero-order valence-electron chi connectivity index (χ0n) is 34.4. The van der Waals surface area contributed by atoms with Gasteiger partial charge in [0.05, 0.1) is 24.8 Å². The molecule has 23 heteroatoms. The topological polar surface area (TPSA) is 358 Å². The summed E-state index contributed by atoms with van der Waals surface area (Å²) in [6, 6.07) is 9.45. The van der Waals surface area contributed by atoms with E-state index in [1.807, 2.05) is 13.0 Å². The molecule has 0 bridgehead atoms. The van der Waals surface area contributed by atoms with Crippen LogP contribution in [0.4, 0.5) is 0 Å². The molecular weight excluding hydrogens is 848 g/mol. The molecule has 0 aliphatic carbocycles. The summed E-state index contributed by atoms with van der Waals surface area (Å²) < 4.78 is 0.411. The maximum atomic E-state index is 13.2. The Labute approximate surface area is 363 Å². The fourth-order valence-electron chi connectivity index (χ4n) is 6.18. The van der Waals surface area contributed by atoms with Gasteiger partial charge in [0.25, 0.3) is 11.8 Å². The predicted octanol–water partition coefficient (Wildman–Crippen LogP) is 0.263. The fraction of sp³-hybridized carbons (Fsp3) is 0.366. The summed E-state index contributed by atoms with van der Waals surface area (Å²) >= 11 is 0. The number of amides is 5. The number of carbonyl (C=O) groups excluding carboxylic acids is 6. The van der Waals surface area contributed by atoms with Gasteiger partial charge in [-0.1, -0.05) is 23.8 Å². The van der Waals surface area contributed by atoms with Gasteiger partial charge in [0.1, 0.15) is 6.54 Å². The third kappa shape index (κ3) is 17.6. The van der Waals surface area contributed by atoms with Gasteiger partial charge in [-0.2, -0.15) is 0 Å². The Kier molecular flexibility index (Phi) is 19.3. The maximum absolute atomic E-state index is 13.2. The van der Waals surface area contributed by atoms with Crippen molar-refractivity contribution in [2.45, 2.75) is 76.4 Å². The van der Waals surface area contributed by atoms with Gasteiger partial charge in [-0.3, -0.25) is 43.2 Å². The van der Waals surface area contributed by atoms with Crippen LogP contribution in [0.1, 0.15) is 88.0 Å². The number of aromatic nitrogens is 1. The summed E-state index contributed by atoms with van der Waals surface area (Å²) in [4.78, 5) is 130. The lowest BCUT2D eigenvalue weighted by atomic mass is 10.0. The molecule has 0 radical (unpaired) electrons. The molecule has 3 atom stereocenters. The molecule has 0 fully saturated rings. The predicted molar refractivity (Wildman–Crippen MR) is 218 cm³/mol. The van der Waals surface area contributed by atoms with E-state index >= 15 is 0 Å². The van der Waals surface area contributed by atoms with Gasteiger partial charge in [0.2, 0.25) is 29.5 Å². The molecule has 0 aliphatic heterocycles. The van der Waals surface area contributed by atoms with E-state index in [1.165, 1.54) is 18.2 Å². The molecule has 0 saturated carbocycles. The van der Waals surface area contributed by atoms with E-state index in [0.717, 1.165) is 28.7 Å². The zero-order chi connectivity index (χ0) is 47.5. The number of unbranched alkanes of at least 4 members (excludes halogenated alkanes) is 1. The van der Waals surface area contributed by atoms with Crippen LogP contribution in [0.2, 0.25) is 0 Å². The average Bonchev–Trinajstić information content (AvgIpc) is 3.51. The van der Waals surface area contributed by atoms with Crippen LogP contribution in [0.3, 0.4) is 0 Å². The lowest BCUT2D eigenvalue weighted by molar-refractivity contribution is -0.145. The molecule has 5 amide bonds. The third-order valence-electron chi connectivity index (χ3n) is 9.04. The monoisotopic (exact) mass is 896 g/mol.